The fourth-order valence-corrected chi connectivity index (χ4v) is 3.19. The molecular weight excluding hydrogens is 326 g/mol. The Balaban J connectivity index is 1.35. The van der Waals surface area contributed by atoms with Gasteiger partial charge in [-0.15, -0.1) is 0 Å². The van der Waals surface area contributed by atoms with E-state index in [2.05, 4.69) is 4.90 Å². The SMILES string of the molecule is Nc1ccccc1CCC(=O)N1CCN(CCOc2ccccc2)CC1. The van der Waals surface area contributed by atoms with Gasteiger partial charge in [-0.1, -0.05) is 36.4 Å². The van der Waals surface area contributed by atoms with Crippen molar-refractivity contribution in [2.24, 2.45) is 0 Å². The van der Waals surface area contributed by atoms with Crippen LogP contribution in [-0.2, 0) is 11.2 Å². The summed E-state index contributed by atoms with van der Waals surface area (Å²) in [5.41, 5.74) is 7.77. The molecule has 1 aliphatic heterocycles. The molecular formula is C21H27N3O2. The predicted octanol–water partition coefficient (Wildman–Crippen LogP) is 2.42. The molecule has 2 aromatic rings. The fourth-order valence-electron chi connectivity index (χ4n) is 3.19. The second-order valence-electron chi connectivity index (χ2n) is 6.58. The lowest BCUT2D eigenvalue weighted by molar-refractivity contribution is -0.132. The number of rotatable bonds is 7. The maximum Gasteiger partial charge on any atom is 0.222 e. The summed E-state index contributed by atoms with van der Waals surface area (Å²) in [6.07, 6.45) is 1.22. The molecule has 0 spiro atoms. The molecule has 2 N–H and O–H groups in total. The maximum absolute atomic E-state index is 12.4. The van der Waals surface area contributed by atoms with Gasteiger partial charge >= 0.3 is 0 Å². The van der Waals surface area contributed by atoms with E-state index >= 15 is 0 Å². The molecule has 5 nitrogen and oxygen atoms in total. The van der Waals surface area contributed by atoms with E-state index in [4.69, 9.17) is 10.5 Å². The molecule has 0 bridgehead atoms. The third kappa shape index (κ3) is 5.23. The van der Waals surface area contributed by atoms with Crippen LogP contribution in [-0.4, -0.2) is 55.0 Å². The Morgan fingerprint density at radius 1 is 0.962 bits per heavy atom. The van der Waals surface area contributed by atoms with E-state index < -0.39 is 0 Å². The van der Waals surface area contributed by atoms with Crippen molar-refractivity contribution in [3.8, 4) is 5.75 Å². The summed E-state index contributed by atoms with van der Waals surface area (Å²) in [5.74, 6) is 1.12. The smallest absolute Gasteiger partial charge is 0.222 e. The van der Waals surface area contributed by atoms with E-state index in [0.29, 0.717) is 19.4 Å². The Hall–Kier alpha value is -2.53. The molecule has 0 unspecified atom stereocenters. The summed E-state index contributed by atoms with van der Waals surface area (Å²) in [6.45, 7) is 4.93. The average molecular weight is 353 g/mol. The van der Waals surface area contributed by atoms with Crippen molar-refractivity contribution in [2.75, 3.05) is 45.1 Å². The Kier molecular flexibility index (Phi) is 6.50. The van der Waals surface area contributed by atoms with Gasteiger partial charge < -0.3 is 15.4 Å². The van der Waals surface area contributed by atoms with Crippen LogP contribution in [0.25, 0.3) is 0 Å². The first-order chi connectivity index (χ1) is 12.7. The monoisotopic (exact) mass is 353 g/mol. The van der Waals surface area contributed by atoms with Gasteiger partial charge in [-0.25, -0.2) is 0 Å². The van der Waals surface area contributed by atoms with Crippen molar-refractivity contribution in [3.05, 3.63) is 60.2 Å². The van der Waals surface area contributed by atoms with Crippen molar-refractivity contribution in [1.29, 1.82) is 0 Å². The van der Waals surface area contributed by atoms with Gasteiger partial charge in [0.1, 0.15) is 12.4 Å². The van der Waals surface area contributed by atoms with Crippen molar-refractivity contribution in [3.63, 3.8) is 0 Å². The molecule has 0 radical (unpaired) electrons. The number of carbonyl (C=O) groups excluding carboxylic acids is 1. The Labute approximate surface area is 155 Å². The Morgan fingerprint density at radius 3 is 2.38 bits per heavy atom. The van der Waals surface area contributed by atoms with Crippen LogP contribution >= 0.6 is 0 Å². The van der Waals surface area contributed by atoms with Gasteiger partial charge in [-0.05, 0) is 30.2 Å². The predicted molar refractivity (Wildman–Crippen MR) is 104 cm³/mol. The van der Waals surface area contributed by atoms with Gasteiger partial charge in [-0.3, -0.25) is 9.69 Å². The second kappa shape index (κ2) is 9.25. The summed E-state index contributed by atoms with van der Waals surface area (Å²) >= 11 is 0. The van der Waals surface area contributed by atoms with Crippen LogP contribution in [0.2, 0.25) is 0 Å². The number of ether oxygens (including phenoxy) is 1. The molecule has 1 amide bonds. The highest BCUT2D eigenvalue weighted by Crippen LogP contribution is 2.14. The number of anilines is 1. The minimum atomic E-state index is 0.216. The minimum absolute atomic E-state index is 0.216. The molecule has 5 heteroatoms. The van der Waals surface area contributed by atoms with E-state index in [-0.39, 0.29) is 5.91 Å². The number of aryl methyl sites for hydroxylation is 1. The van der Waals surface area contributed by atoms with E-state index in [1.54, 1.807) is 0 Å². The molecule has 0 atom stereocenters. The summed E-state index contributed by atoms with van der Waals surface area (Å²) < 4.78 is 5.75. The van der Waals surface area contributed by atoms with Crippen LogP contribution < -0.4 is 10.5 Å². The van der Waals surface area contributed by atoms with Crippen LogP contribution in [0, 0.1) is 0 Å². The highest BCUT2D eigenvalue weighted by Gasteiger charge is 2.20. The van der Waals surface area contributed by atoms with Crippen molar-refractivity contribution in [1.82, 2.24) is 9.80 Å². The molecule has 3 rings (SSSR count). The van der Waals surface area contributed by atoms with E-state index in [1.165, 1.54) is 0 Å². The average Bonchev–Trinajstić information content (AvgIpc) is 2.68. The molecule has 0 aliphatic carbocycles. The molecule has 2 aromatic carbocycles. The van der Waals surface area contributed by atoms with Crippen LogP contribution in [0.3, 0.4) is 0 Å². The van der Waals surface area contributed by atoms with Gasteiger partial charge in [-0.2, -0.15) is 0 Å². The molecule has 138 valence electrons. The number of para-hydroxylation sites is 2. The van der Waals surface area contributed by atoms with E-state index in [1.807, 2.05) is 59.5 Å². The molecule has 26 heavy (non-hydrogen) atoms. The summed E-state index contributed by atoms with van der Waals surface area (Å²) in [4.78, 5) is 16.7. The number of hydrogen-bond acceptors (Lipinski definition) is 4. The lowest BCUT2D eigenvalue weighted by Gasteiger charge is -2.34. The number of benzene rings is 2. The Morgan fingerprint density at radius 2 is 1.65 bits per heavy atom. The fraction of sp³-hybridized carbons (Fsp3) is 0.381. The van der Waals surface area contributed by atoms with Gasteiger partial charge in [0.2, 0.25) is 5.91 Å². The van der Waals surface area contributed by atoms with Crippen LogP contribution in [0.1, 0.15) is 12.0 Å². The molecule has 0 saturated carbocycles. The number of hydrogen-bond donors (Lipinski definition) is 1. The molecule has 0 aromatic heterocycles. The van der Waals surface area contributed by atoms with Gasteiger partial charge in [0.05, 0.1) is 0 Å². The number of nitrogens with two attached hydrogens (primary N) is 1. The first kappa shape index (κ1) is 18.3. The number of carbonyl (C=O) groups is 1. The lowest BCUT2D eigenvalue weighted by Crippen LogP contribution is -2.49. The zero-order valence-corrected chi connectivity index (χ0v) is 15.1. The highest BCUT2D eigenvalue weighted by molar-refractivity contribution is 5.76. The van der Waals surface area contributed by atoms with E-state index in [0.717, 1.165) is 49.7 Å². The lowest BCUT2D eigenvalue weighted by atomic mass is 10.1. The number of amides is 1. The largest absolute Gasteiger partial charge is 0.492 e. The Bertz CT molecular complexity index is 697. The second-order valence-corrected chi connectivity index (χ2v) is 6.58. The quantitative estimate of drug-likeness (QED) is 0.777. The first-order valence-electron chi connectivity index (χ1n) is 9.24. The topological polar surface area (TPSA) is 58.8 Å². The maximum atomic E-state index is 12.4. The zero-order valence-electron chi connectivity index (χ0n) is 15.1. The third-order valence-electron chi connectivity index (χ3n) is 4.81. The van der Waals surface area contributed by atoms with Gasteiger partial charge in [0.15, 0.2) is 0 Å². The third-order valence-corrected chi connectivity index (χ3v) is 4.81. The number of nitrogens with zero attached hydrogens (tertiary/aromatic N) is 2. The van der Waals surface area contributed by atoms with Crippen LogP contribution in [0.15, 0.2) is 54.6 Å². The molecule has 1 aliphatic rings. The van der Waals surface area contributed by atoms with Crippen molar-refractivity contribution >= 4 is 11.6 Å². The normalized spacial score (nSPS) is 15.0. The molecule has 1 saturated heterocycles. The van der Waals surface area contributed by atoms with Crippen LogP contribution in [0.5, 0.6) is 5.75 Å². The van der Waals surface area contributed by atoms with Crippen molar-refractivity contribution < 1.29 is 9.53 Å². The standard InChI is InChI=1S/C21H27N3O2/c22-20-9-5-4-6-18(20)10-11-21(25)24-14-12-23(13-15-24)16-17-26-19-7-2-1-3-8-19/h1-9H,10-17,22H2. The van der Waals surface area contributed by atoms with Gasteiger partial charge in [0.25, 0.3) is 0 Å². The van der Waals surface area contributed by atoms with Crippen LogP contribution in [0.4, 0.5) is 5.69 Å². The minimum Gasteiger partial charge on any atom is -0.492 e. The highest BCUT2D eigenvalue weighted by atomic mass is 16.5. The molecule has 1 fully saturated rings. The number of nitrogen functional groups attached to an aromatic ring is 1. The summed E-state index contributed by atoms with van der Waals surface area (Å²) in [5, 5.41) is 0. The summed E-state index contributed by atoms with van der Waals surface area (Å²) in [7, 11) is 0. The zero-order chi connectivity index (χ0) is 18.2. The van der Waals surface area contributed by atoms with Gasteiger partial charge in [0, 0.05) is 44.8 Å². The van der Waals surface area contributed by atoms with Crippen molar-refractivity contribution in [2.45, 2.75) is 12.8 Å². The summed E-state index contributed by atoms with van der Waals surface area (Å²) in [6, 6.07) is 17.6. The van der Waals surface area contributed by atoms with E-state index in [9.17, 15) is 4.79 Å². The molecule has 1 heterocycles. The first-order valence-corrected chi connectivity index (χ1v) is 9.24. The number of piperazine rings is 1.